The molecule has 2 aliphatic heterocycles. The van der Waals surface area contributed by atoms with Crippen LogP contribution in [0.25, 0.3) is 16.8 Å². The Hall–Kier alpha value is -2.66. The Kier molecular flexibility index (Phi) is 5.48. The van der Waals surface area contributed by atoms with Crippen LogP contribution in [-0.4, -0.2) is 75.0 Å². The van der Waals surface area contributed by atoms with E-state index in [0.29, 0.717) is 19.0 Å². The predicted octanol–water partition coefficient (Wildman–Crippen LogP) is 2.72. The van der Waals surface area contributed by atoms with Gasteiger partial charge in [0.15, 0.2) is 5.65 Å². The van der Waals surface area contributed by atoms with Crippen molar-refractivity contribution >= 4 is 27.4 Å². The Morgan fingerprint density at radius 2 is 1.91 bits per heavy atom. The number of sulfonamides is 1. The summed E-state index contributed by atoms with van der Waals surface area (Å²) in [5.74, 6) is 1.83. The van der Waals surface area contributed by atoms with Gasteiger partial charge in [0.25, 0.3) is 0 Å². The van der Waals surface area contributed by atoms with Gasteiger partial charge in [-0.25, -0.2) is 12.7 Å². The highest BCUT2D eigenvalue weighted by atomic mass is 32.2. The summed E-state index contributed by atoms with van der Waals surface area (Å²) in [5, 5.41) is 15.3. The average Bonchev–Trinajstić information content (AvgIpc) is 3.42. The number of pyridine rings is 1. The van der Waals surface area contributed by atoms with E-state index in [4.69, 9.17) is 10.1 Å². The van der Waals surface area contributed by atoms with E-state index < -0.39 is 10.0 Å². The van der Waals surface area contributed by atoms with E-state index >= 15 is 0 Å². The van der Waals surface area contributed by atoms with E-state index in [2.05, 4.69) is 33.4 Å². The molecule has 0 unspecified atom stereocenters. The molecule has 3 aliphatic rings. The third-order valence-electron chi connectivity index (χ3n) is 7.43. The summed E-state index contributed by atoms with van der Waals surface area (Å²) < 4.78 is 29.0. The maximum Gasteiger partial charge on any atom is 0.243 e. The third-order valence-corrected chi connectivity index (χ3v) is 9.79. The lowest BCUT2D eigenvalue weighted by atomic mass is 9.95. The van der Waals surface area contributed by atoms with Crippen LogP contribution in [-0.2, 0) is 10.0 Å². The zero-order valence-electron chi connectivity index (χ0n) is 19.5. The van der Waals surface area contributed by atoms with Gasteiger partial charge < -0.3 is 10.2 Å². The first-order valence-corrected chi connectivity index (χ1v) is 13.9. The molecule has 11 heteroatoms. The Bertz CT molecular complexity index is 1260. The van der Waals surface area contributed by atoms with Crippen LogP contribution in [0.3, 0.4) is 0 Å². The molecule has 10 nitrogen and oxygen atoms in total. The van der Waals surface area contributed by atoms with Crippen LogP contribution in [0.4, 0.5) is 11.8 Å². The van der Waals surface area contributed by atoms with E-state index in [0.717, 1.165) is 54.9 Å². The van der Waals surface area contributed by atoms with Crippen molar-refractivity contribution in [1.82, 2.24) is 29.1 Å². The number of aromatic nitrogens is 5. The van der Waals surface area contributed by atoms with E-state index in [-0.39, 0.29) is 17.2 Å². The van der Waals surface area contributed by atoms with Crippen molar-refractivity contribution in [2.24, 2.45) is 5.92 Å². The summed E-state index contributed by atoms with van der Waals surface area (Å²) >= 11 is 0. The summed E-state index contributed by atoms with van der Waals surface area (Å²) in [6, 6.07) is 4.24. The van der Waals surface area contributed by atoms with Crippen LogP contribution in [0.1, 0.15) is 45.4 Å². The van der Waals surface area contributed by atoms with Gasteiger partial charge in [0.1, 0.15) is 5.82 Å². The lowest BCUT2D eigenvalue weighted by Crippen LogP contribution is -2.48. The normalized spacial score (nSPS) is 24.6. The van der Waals surface area contributed by atoms with Gasteiger partial charge in [-0.3, -0.25) is 5.10 Å². The fourth-order valence-corrected chi connectivity index (χ4v) is 7.28. The van der Waals surface area contributed by atoms with Crippen molar-refractivity contribution in [2.45, 2.75) is 56.7 Å². The van der Waals surface area contributed by atoms with Crippen molar-refractivity contribution < 1.29 is 8.42 Å². The molecule has 2 saturated heterocycles. The second kappa shape index (κ2) is 8.53. The second-order valence-corrected chi connectivity index (χ2v) is 12.1. The number of hydrogen-bond acceptors (Lipinski definition) is 7. The molecule has 3 aromatic heterocycles. The van der Waals surface area contributed by atoms with E-state index in [1.165, 1.54) is 19.3 Å². The molecule has 0 amide bonds. The number of anilines is 2. The molecule has 6 rings (SSSR count). The molecule has 0 radical (unpaired) electrons. The van der Waals surface area contributed by atoms with Gasteiger partial charge in [-0.15, -0.1) is 5.10 Å². The Labute approximate surface area is 199 Å². The fraction of sp³-hybridized carbons (Fsp3) is 0.609. The molecular formula is C23H32N8O2S. The third kappa shape index (κ3) is 3.94. The highest BCUT2D eigenvalue weighted by molar-refractivity contribution is 7.90. The lowest BCUT2D eigenvalue weighted by Gasteiger charge is -2.36. The zero-order chi connectivity index (χ0) is 23.3. The number of H-pyrrole nitrogens is 1. The Balaban J connectivity index is 1.27. The summed E-state index contributed by atoms with van der Waals surface area (Å²) in [6.07, 6.45) is 9.71. The maximum atomic E-state index is 12.7. The molecule has 3 aromatic rings. The van der Waals surface area contributed by atoms with Gasteiger partial charge in [0, 0.05) is 49.5 Å². The minimum atomic E-state index is -3.13. The molecule has 5 heterocycles. The molecule has 1 aliphatic carbocycles. The van der Waals surface area contributed by atoms with Gasteiger partial charge in [0.2, 0.25) is 16.0 Å². The standard InChI is InChI=1S/C23H32N8O2S/c1-16-15-30(34(32,33)18-5-6-18)12-9-20(16)26-23-27-21-8-7-19(17-13-24-25-14-17)22(31(21)28-23)29-10-3-2-4-11-29/h7-8,13-14,16,18,20H,2-6,9-12,15H2,1H3,(H,24,25)(H,26,28)/t16-,20+/m1/s1. The van der Waals surface area contributed by atoms with Gasteiger partial charge >= 0.3 is 0 Å². The van der Waals surface area contributed by atoms with Gasteiger partial charge in [0.05, 0.1) is 11.4 Å². The number of fused-ring (bicyclic) bond motifs is 1. The predicted molar refractivity (Wildman–Crippen MR) is 131 cm³/mol. The molecule has 0 aromatic carbocycles. The molecule has 2 N–H and O–H groups in total. The number of rotatable bonds is 6. The van der Waals surface area contributed by atoms with Crippen LogP contribution in [0, 0.1) is 5.92 Å². The van der Waals surface area contributed by atoms with Gasteiger partial charge in [-0.1, -0.05) is 6.92 Å². The molecular weight excluding hydrogens is 452 g/mol. The summed E-state index contributed by atoms with van der Waals surface area (Å²) in [5.41, 5.74) is 2.92. The van der Waals surface area contributed by atoms with Crippen LogP contribution in [0.5, 0.6) is 0 Å². The van der Waals surface area contributed by atoms with Gasteiger partial charge in [-0.05, 0) is 56.6 Å². The number of nitrogens with one attached hydrogen (secondary N) is 2. The molecule has 0 bridgehead atoms. The summed E-state index contributed by atoms with van der Waals surface area (Å²) in [6.45, 7) is 5.21. The molecule has 182 valence electrons. The lowest BCUT2D eigenvalue weighted by molar-refractivity contribution is 0.260. The van der Waals surface area contributed by atoms with E-state index in [9.17, 15) is 8.42 Å². The molecule has 2 atom stereocenters. The van der Waals surface area contributed by atoms with Crippen molar-refractivity contribution in [2.75, 3.05) is 36.4 Å². The number of hydrogen-bond donors (Lipinski definition) is 2. The second-order valence-electron chi connectivity index (χ2n) is 9.93. The van der Waals surface area contributed by atoms with E-state index in [1.807, 2.05) is 23.0 Å². The monoisotopic (exact) mass is 484 g/mol. The minimum Gasteiger partial charge on any atom is -0.356 e. The van der Waals surface area contributed by atoms with Crippen molar-refractivity contribution in [3.05, 3.63) is 24.5 Å². The SMILES string of the molecule is C[C@@H]1CN(S(=O)(=O)C2CC2)CC[C@@H]1Nc1nc2ccc(-c3cn[nH]c3)c(N3CCCCC3)n2n1. The topological polar surface area (TPSA) is 112 Å². The van der Waals surface area contributed by atoms with Gasteiger partial charge in [-0.2, -0.15) is 14.6 Å². The summed E-state index contributed by atoms with van der Waals surface area (Å²) in [4.78, 5) is 7.19. The first-order valence-electron chi connectivity index (χ1n) is 12.4. The average molecular weight is 485 g/mol. The first-order chi connectivity index (χ1) is 16.5. The molecule has 3 fully saturated rings. The number of nitrogens with zero attached hydrogens (tertiary/aromatic N) is 6. The van der Waals surface area contributed by atoms with Crippen LogP contribution < -0.4 is 10.2 Å². The van der Waals surface area contributed by atoms with Crippen LogP contribution in [0.2, 0.25) is 0 Å². The minimum absolute atomic E-state index is 0.134. The first kappa shape index (κ1) is 21.8. The summed E-state index contributed by atoms with van der Waals surface area (Å²) in [7, 11) is -3.13. The Morgan fingerprint density at radius 3 is 2.62 bits per heavy atom. The highest BCUT2D eigenvalue weighted by Crippen LogP contribution is 2.35. The number of aromatic amines is 1. The highest BCUT2D eigenvalue weighted by Gasteiger charge is 2.42. The maximum absolute atomic E-state index is 12.7. The number of piperidine rings is 2. The largest absolute Gasteiger partial charge is 0.356 e. The van der Waals surface area contributed by atoms with Crippen molar-refractivity contribution in [1.29, 1.82) is 0 Å². The van der Waals surface area contributed by atoms with Crippen molar-refractivity contribution in [3.8, 4) is 11.1 Å². The van der Waals surface area contributed by atoms with Crippen LogP contribution >= 0.6 is 0 Å². The quantitative estimate of drug-likeness (QED) is 0.553. The van der Waals surface area contributed by atoms with E-state index in [1.54, 1.807) is 4.31 Å². The Morgan fingerprint density at radius 1 is 1.09 bits per heavy atom. The van der Waals surface area contributed by atoms with Crippen LogP contribution in [0.15, 0.2) is 24.5 Å². The fourth-order valence-electron chi connectivity index (χ4n) is 5.32. The smallest absolute Gasteiger partial charge is 0.243 e. The van der Waals surface area contributed by atoms with Crippen molar-refractivity contribution in [3.63, 3.8) is 0 Å². The zero-order valence-corrected chi connectivity index (χ0v) is 20.3. The molecule has 34 heavy (non-hydrogen) atoms. The molecule has 0 spiro atoms. The molecule has 1 saturated carbocycles.